The van der Waals surface area contributed by atoms with Crippen molar-refractivity contribution in [2.24, 2.45) is 0 Å². The normalized spacial score (nSPS) is 11.3. The smallest absolute Gasteiger partial charge is 0.146 e. The van der Waals surface area contributed by atoms with Gasteiger partial charge in [-0.3, -0.25) is 0 Å². The van der Waals surface area contributed by atoms with Crippen molar-refractivity contribution in [1.29, 1.82) is 0 Å². The molecule has 0 aliphatic carbocycles. The Bertz CT molecular complexity index is 909. The van der Waals surface area contributed by atoms with Gasteiger partial charge in [0, 0.05) is 7.14 Å². The summed E-state index contributed by atoms with van der Waals surface area (Å²) in [6.07, 6.45) is 0. The number of benzene rings is 2. The second kappa shape index (κ2) is 27.0. The summed E-state index contributed by atoms with van der Waals surface area (Å²) < 4.78 is 57.2. The second-order valence-electron chi connectivity index (χ2n) is 8.38. The Morgan fingerprint density at radius 3 is 0.698 bits per heavy atom. The zero-order valence-electron chi connectivity index (χ0n) is 23.6. The molecule has 0 amide bonds. The number of halogens is 6. The van der Waals surface area contributed by atoms with E-state index in [2.05, 4.69) is 160 Å². The molecule has 2 rings (SSSR count). The van der Waals surface area contributed by atoms with Gasteiger partial charge < -0.3 is 42.6 Å². The minimum atomic E-state index is 0.510. The molecular weight excluding hydrogens is 1240 g/mol. The summed E-state index contributed by atoms with van der Waals surface area (Å²) in [6, 6.07) is 8.39. The standard InChI is InChI=1S/C28H36I6O9/c29-21-17-23(31)27(24(32)18-21)42-15-13-40-11-9-38-7-5-36-3-1-35-2-4-37-6-8-39-10-12-41-14-16-43-28-25(33)19-22(30)20-26(28)34/h17-20H,1-16H2. The van der Waals surface area contributed by atoms with Gasteiger partial charge in [0.2, 0.25) is 0 Å². The molecule has 244 valence electrons. The Morgan fingerprint density at radius 1 is 0.302 bits per heavy atom. The molecule has 0 fully saturated rings. The Kier molecular flexibility index (Phi) is 26.0. The Labute approximate surface area is 336 Å². The molecule has 0 aromatic heterocycles. The highest BCUT2D eigenvalue weighted by molar-refractivity contribution is 14.1. The summed E-state index contributed by atoms with van der Waals surface area (Å²) in [4.78, 5) is 0. The molecule has 43 heavy (non-hydrogen) atoms. The lowest BCUT2D eigenvalue weighted by Crippen LogP contribution is -2.15. The van der Waals surface area contributed by atoms with E-state index in [0.717, 1.165) is 25.8 Å². The van der Waals surface area contributed by atoms with Crippen molar-refractivity contribution in [3.05, 3.63) is 45.7 Å². The summed E-state index contributed by atoms with van der Waals surface area (Å²) in [5, 5.41) is 0. The van der Waals surface area contributed by atoms with Crippen LogP contribution in [0.4, 0.5) is 0 Å². The molecule has 0 aliphatic rings. The number of hydrogen-bond donors (Lipinski definition) is 0. The Balaban J connectivity index is 1.24. The van der Waals surface area contributed by atoms with Gasteiger partial charge in [-0.1, -0.05) is 0 Å². The van der Waals surface area contributed by atoms with E-state index in [4.69, 9.17) is 42.6 Å². The molecule has 9 nitrogen and oxygen atoms in total. The van der Waals surface area contributed by atoms with Crippen LogP contribution < -0.4 is 9.47 Å². The van der Waals surface area contributed by atoms with Crippen LogP contribution in [-0.2, 0) is 33.2 Å². The van der Waals surface area contributed by atoms with Crippen molar-refractivity contribution < 1.29 is 42.6 Å². The number of ether oxygens (including phenoxy) is 9. The van der Waals surface area contributed by atoms with Gasteiger partial charge in [0.25, 0.3) is 0 Å². The lowest BCUT2D eigenvalue weighted by atomic mass is 10.3. The zero-order valence-corrected chi connectivity index (χ0v) is 36.5. The molecule has 0 saturated carbocycles. The molecule has 0 bridgehead atoms. The maximum absolute atomic E-state index is 5.85. The van der Waals surface area contributed by atoms with Crippen LogP contribution >= 0.6 is 136 Å². The Morgan fingerprint density at radius 2 is 0.488 bits per heavy atom. The number of hydrogen-bond acceptors (Lipinski definition) is 9. The fraction of sp³-hybridized carbons (Fsp3) is 0.571. The van der Waals surface area contributed by atoms with E-state index >= 15 is 0 Å². The quantitative estimate of drug-likeness (QED) is 0.0740. The third kappa shape index (κ3) is 20.3. The van der Waals surface area contributed by atoms with Gasteiger partial charge in [-0.25, -0.2) is 0 Å². The SMILES string of the molecule is Ic1cc(I)c(OCCOCCOCCOCCOCCOCCOCCOCCOc2c(I)cc(I)cc2I)c(I)c1. The topological polar surface area (TPSA) is 83.1 Å². The van der Waals surface area contributed by atoms with E-state index in [0.29, 0.717) is 106 Å². The van der Waals surface area contributed by atoms with Crippen LogP contribution in [0.1, 0.15) is 0 Å². The summed E-state index contributed by atoms with van der Waals surface area (Å²) in [7, 11) is 0. The molecule has 0 N–H and O–H groups in total. The third-order valence-corrected chi connectivity index (χ3v) is 9.56. The van der Waals surface area contributed by atoms with Gasteiger partial charge >= 0.3 is 0 Å². The minimum absolute atomic E-state index is 0.510. The predicted molar refractivity (Wildman–Crippen MR) is 216 cm³/mol. The highest BCUT2D eigenvalue weighted by atomic mass is 127. The fourth-order valence-electron chi connectivity index (χ4n) is 3.16. The molecule has 0 radical (unpaired) electrons. The van der Waals surface area contributed by atoms with Crippen LogP contribution in [-0.4, -0.2) is 106 Å². The molecular formula is C28H36I6O9. The summed E-state index contributed by atoms with van der Waals surface area (Å²) in [5.74, 6) is 1.83. The monoisotopic (exact) mass is 1280 g/mol. The van der Waals surface area contributed by atoms with Crippen molar-refractivity contribution in [3.8, 4) is 11.5 Å². The highest BCUT2D eigenvalue weighted by Crippen LogP contribution is 2.30. The van der Waals surface area contributed by atoms with Gasteiger partial charge in [-0.15, -0.1) is 0 Å². The van der Waals surface area contributed by atoms with E-state index in [1.54, 1.807) is 0 Å². The Hall–Kier alpha value is 2.14. The van der Waals surface area contributed by atoms with Gasteiger partial charge in [0.05, 0.1) is 107 Å². The molecule has 2 aromatic carbocycles. The molecule has 0 atom stereocenters. The fourth-order valence-corrected chi connectivity index (χ4v) is 10.9. The van der Waals surface area contributed by atoms with Crippen LogP contribution in [0.15, 0.2) is 24.3 Å². The molecule has 0 heterocycles. The van der Waals surface area contributed by atoms with Gasteiger partial charge in [0.15, 0.2) is 0 Å². The average Bonchev–Trinajstić information content (AvgIpc) is 2.95. The van der Waals surface area contributed by atoms with Crippen LogP contribution in [0.25, 0.3) is 0 Å². The van der Waals surface area contributed by atoms with E-state index in [-0.39, 0.29) is 0 Å². The maximum atomic E-state index is 5.85. The van der Waals surface area contributed by atoms with E-state index < -0.39 is 0 Å². The average molecular weight is 1280 g/mol. The molecule has 0 spiro atoms. The predicted octanol–water partition coefficient (Wildman–Crippen LogP) is 6.89. The van der Waals surface area contributed by atoms with E-state index in [1.165, 1.54) is 7.14 Å². The largest absolute Gasteiger partial charge is 0.489 e. The highest BCUT2D eigenvalue weighted by Gasteiger charge is 2.09. The lowest BCUT2D eigenvalue weighted by molar-refractivity contribution is -0.0219. The summed E-state index contributed by atoms with van der Waals surface area (Å²) >= 11 is 13.8. The second-order valence-corrected chi connectivity index (χ2v) is 15.5. The lowest BCUT2D eigenvalue weighted by Gasteiger charge is -2.11. The van der Waals surface area contributed by atoms with Crippen LogP contribution in [0.5, 0.6) is 11.5 Å². The van der Waals surface area contributed by atoms with Gasteiger partial charge in [-0.05, 0) is 160 Å². The third-order valence-electron chi connectivity index (χ3n) is 5.11. The van der Waals surface area contributed by atoms with Crippen molar-refractivity contribution in [1.82, 2.24) is 0 Å². The molecule has 15 heteroatoms. The van der Waals surface area contributed by atoms with Crippen LogP contribution in [0.2, 0.25) is 0 Å². The minimum Gasteiger partial charge on any atom is -0.489 e. The van der Waals surface area contributed by atoms with E-state index in [1.807, 2.05) is 0 Å². The van der Waals surface area contributed by atoms with E-state index in [9.17, 15) is 0 Å². The number of rotatable bonds is 26. The zero-order chi connectivity index (χ0) is 31.1. The first-order chi connectivity index (χ1) is 20.9. The first-order valence-electron chi connectivity index (χ1n) is 13.5. The van der Waals surface area contributed by atoms with Crippen molar-refractivity contribution >= 4 is 136 Å². The van der Waals surface area contributed by atoms with Gasteiger partial charge in [-0.2, -0.15) is 0 Å². The first-order valence-corrected chi connectivity index (χ1v) is 19.9. The van der Waals surface area contributed by atoms with Crippen molar-refractivity contribution in [3.63, 3.8) is 0 Å². The first kappa shape index (κ1) is 41.3. The maximum Gasteiger partial charge on any atom is 0.146 e. The van der Waals surface area contributed by atoms with Crippen LogP contribution in [0.3, 0.4) is 0 Å². The molecule has 0 aliphatic heterocycles. The van der Waals surface area contributed by atoms with Gasteiger partial charge in [0.1, 0.15) is 24.7 Å². The van der Waals surface area contributed by atoms with Crippen molar-refractivity contribution in [2.75, 3.05) is 106 Å². The summed E-state index contributed by atoms with van der Waals surface area (Å²) in [5.41, 5.74) is 0. The van der Waals surface area contributed by atoms with Crippen molar-refractivity contribution in [2.45, 2.75) is 0 Å². The van der Waals surface area contributed by atoms with Crippen LogP contribution in [0, 0.1) is 21.4 Å². The molecule has 0 saturated heterocycles. The molecule has 2 aromatic rings. The molecule has 0 unspecified atom stereocenters. The summed E-state index contributed by atoms with van der Waals surface area (Å²) in [6.45, 7) is 8.31.